The van der Waals surface area contributed by atoms with Gasteiger partial charge in [-0.1, -0.05) is 6.07 Å². The molecule has 0 radical (unpaired) electrons. The summed E-state index contributed by atoms with van der Waals surface area (Å²) in [5.74, 6) is 4.92. The lowest BCUT2D eigenvalue weighted by Gasteiger charge is -2.56. The Bertz CT molecular complexity index is 1610. The van der Waals surface area contributed by atoms with Crippen LogP contribution in [0.1, 0.15) is 24.0 Å². The molecule has 0 aliphatic carbocycles. The molecule has 8 rings (SSSR count). The van der Waals surface area contributed by atoms with Gasteiger partial charge >= 0.3 is 0 Å². The first-order chi connectivity index (χ1) is 20.1. The van der Waals surface area contributed by atoms with E-state index in [1.54, 1.807) is 17.8 Å². The number of aromatic nitrogens is 4. The average Bonchev–Trinajstić information content (AvgIpc) is 3.42. The van der Waals surface area contributed by atoms with E-state index in [1.165, 1.54) is 12.0 Å². The summed E-state index contributed by atoms with van der Waals surface area (Å²) in [6, 6.07) is 13.5. The minimum atomic E-state index is -0.150. The summed E-state index contributed by atoms with van der Waals surface area (Å²) in [6.45, 7) is 3.41. The third kappa shape index (κ3) is 5.02. The van der Waals surface area contributed by atoms with E-state index in [2.05, 4.69) is 44.2 Å². The fourth-order valence-corrected chi connectivity index (χ4v) is 7.58. The molecule has 4 saturated heterocycles. The molecule has 0 spiro atoms. The van der Waals surface area contributed by atoms with Crippen LogP contribution in [0.4, 0.5) is 5.82 Å². The Morgan fingerprint density at radius 3 is 2.63 bits per heavy atom. The van der Waals surface area contributed by atoms with Crippen molar-refractivity contribution in [2.45, 2.75) is 31.5 Å². The number of rotatable bonds is 9. The molecule has 10 nitrogen and oxygen atoms in total. The molecule has 2 atom stereocenters. The van der Waals surface area contributed by atoms with Crippen LogP contribution in [0.5, 0.6) is 11.6 Å². The average molecular weight is 569 g/mol. The summed E-state index contributed by atoms with van der Waals surface area (Å²) >= 11 is 0. The van der Waals surface area contributed by atoms with E-state index in [4.69, 9.17) is 19.2 Å². The Labute approximate surface area is 241 Å². The number of nitrogens with one attached hydrogen (secondary N) is 1. The van der Waals surface area contributed by atoms with Crippen LogP contribution in [0.3, 0.4) is 0 Å². The Balaban J connectivity index is 1.05. The molecular weight excluding hydrogens is 536 g/mol. The summed E-state index contributed by atoms with van der Waals surface area (Å²) in [4.78, 5) is 14.2. The predicted octanol–water partition coefficient (Wildman–Crippen LogP) is 3.91. The molecule has 0 saturated carbocycles. The van der Waals surface area contributed by atoms with E-state index in [1.807, 2.05) is 30.7 Å². The third-order valence-electron chi connectivity index (χ3n) is 8.47. The second kappa shape index (κ2) is 10.8. The zero-order chi connectivity index (χ0) is 27.9. The van der Waals surface area contributed by atoms with Crippen LogP contribution in [-0.2, 0) is 17.2 Å². The molecule has 4 aliphatic rings. The summed E-state index contributed by atoms with van der Waals surface area (Å²) in [6.07, 6.45) is 9.41. The number of ether oxygens (including phenoxy) is 2. The number of piperidine rings is 1. The van der Waals surface area contributed by atoms with Gasteiger partial charge in [0.05, 0.1) is 37.2 Å². The topological polar surface area (TPSA) is 116 Å². The van der Waals surface area contributed by atoms with Crippen molar-refractivity contribution < 1.29 is 9.47 Å². The van der Waals surface area contributed by atoms with Crippen LogP contribution in [0.25, 0.3) is 16.6 Å². The minimum absolute atomic E-state index is 0.150. The van der Waals surface area contributed by atoms with Crippen LogP contribution >= 0.6 is 0 Å². The lowest BCUT2D eigenvalue weighted by Crippen LogP contribution is -2.68. The SMILES string of the molecule is COc1ccc(CN2C3CC2CN(c2ccc(-c4cc(OCCC5CS(=N)C5)cn5ncc(C#N)c45)cn2)C3)cn1. The number of hydrogen-bond donors (Lipinski definition) is 1. The van der Waals surface area contributed by atoms with Crippen molar-refractivity contribution in [1.82, 2.24) is 24.5 Å². The van der Waals surface area contributed by atoms with Gasteiger partial charge in [-0.25, -0.2) is 14.5 Å². The quantitative estimate of drug-likeness (QED) is 0.323. The van der Waals surface area contributed by atoms with Crippen LogP contribution in [-0.4, -0.2) is 74.9 Å². The number of nitriles is 1. The first-order valence-electron chi connectivity index (χ1n) is 14.0. The molecule has 1 N–H and O–H groups in total. The van der Waals surface area contributed by atoms with Crippen molar-refractivity contribution in [3.63, 3.8) is 0 Å². The molecule has 0 aromatic carbocycles. The molecule has 8 heterocycles. The van der Waals surface area contributed by atoms with Gasteiger partial charge < -0.3 is 14.4 Å². The van der Waals surface area contributed by atoms with Gasteiger partial charge in [0.2, 0.25) is 5.88 Å². The van der Waals surface area contributed by atoms with Crippen molar-refractivity contribution in [2.75, 3.05) is 43.2 Å². The van der Waals surface area contributed by atoms with Crippen molar-refractivity contribution in [1.29, 1.82) is 10.0 Å². The largest absolute Gasteiger partial charge is 0.492 e. The number of fused-ring (bicyclic) bond motifs is 3. The van der Waals surface area contributed by atoms with E-state index in [0.717, 1.165) is 65.8 Å². The molecule has 0 amide bonds. The summed E-state index contributed by atoms with van der Waals surface area (Å²) in [5.41, 5.74) is 4.29. The number of hydrogen-bond acceptors (Lipinski definition) is 9. The summed E-state index contributed by atoms with van der Waals surface area (Å²) in [7, 11) is 1.49. The van der Waals surface area contributed by atoms with Crippen molar-refractivity contribution >= 4 is 22.0 Å². The fourth-order valence-electron chi connectivity index (χ4n) is 6.21. The first kappa shape index (κ1) is 25.9. The molecule has 4 aromatic heterocycles. The highest BCUT2D eigenvalue weighted by Crippen LogP contribution is 2.36. The van der Waals surface area contributed by atoms with E-state index >= 15 is 0 Å². The van der Waals surface area contributed by atoms with Crippen LogP contribution in [0.2, 0.25) is 0 Å². The molecule has 2 unspecified atom stereocenters. The molecule has 210 valence electrons. The smallest absolute Gasteiger partial charge is 0.212 e. The first-order valence-corrected chi connectivity index (χ1v) is 15.5. The van der Waals surface area contributed by atoms with Crippen molar-refractivity contribution in [3.05, 3.63) is 66.2 Å². The van der Waals surface area contributed by atoms with E-state index in [0.29, 0.717) is 36.1 Å². The number of methoxy groups -OCH3 is 1. The maximum atomic E-state index is 9.72. The van der Waals surface area contributed by atoms with Gasteiger partial charge in [0.15, 0.2) is 0 Å². The van der Waals surface area contributed by atoms with Gasteiger partial charge in [-0.3, -0.25) is 9.68 Å². The molecule has 11 heteroatoms. The number of anilines is 1. The second-order valence-corrected chi connectivity index (χ2v) is 12.8. The zero-order valence-corrected chi connectivity index (χ0v) is 23.8. The predicted molar refractivity (Wildman–Crippen MR) is 157 cm³/mol. The van der Waals surface area contributed by atoms with E-state index < -0.39 is 0 Å². The Kier molecular flexibility index (Phi) is 6.80. The Morgan fingerprint density at radius 1 is 1.10 bits per heavy atom. The zero-order valence-electron chi connectivity index (χ0n) is 22.9. The van der Waals surface area contributed by atoms with Gasteiger partial charge in [0.1, 0.15) is 17.6 Å². The van der Waals surface area contributed by atoms with Gasteiger partial charge in [0.25, 0.3) is 0 Å². The highest BCUT2D eigenvalue weighted by Gasteiger charge is 2.44. The van der Waals surface area contributed by atoms with Gasteiger partial charge in [-0.05, 0) is 42.5 Å². The van der Waals surface area contributed by atoms with Crippen LogP contribution < -0.4 is 14.4 Å². The minimum Gasteiger partial charge on any atom is -0.492 e. The Hall–Kier alpha value is -4.01. The number of piperazine rings is 1. The maximum absolute atomic E-state index is 9.72. The molecular formula is C30H32N8O2S. The summed E-state index contributed by atoms with van der Waals surface area (Å²) < 4.78 is 20.8. The maximum Gasteiger partial charge on any atom is 0.212 e. The van der Waals surface area contributed by atoms with E-state index in [9.17, 15) is 5.26 Å². The molecule has 4 aromatic rings. The molecule has 4 fully saturated rings. The van der Waals surface area contributed by atoms with Crippen LogP contribution in [0.15, 0.2) is 55.1 Å². The normalized spacial score (nSPS) is 23.5. The van der Waals surface area contributed by atoms with Crippen molar-refractivity contribution in [3.8, 4) is 28.8 Å². The third-order valence-corrected chi connectivity index (χ3v) is 10.2. The van der Waals surface area contributed by atoms with Gasteiger partial charge in [-0.2, -0.15) is 10.4 Å². The second-order valence-electron chi connectivity index (χ2n) is 11.1. The lowest BCUT2D eigenvalue weighted by molar-refractivity contribution is -0.00876. The number of nitrogens with zero attached hydrogens (tertiary/aromatic N) is 7. The highest BCUT2D eigenvalue weighted by atomic mass is 32.2. The Morgan fingerprint density at radius 2 is 1.95 bits per heavy atom. The summed E-state index contributed by atoms with van der Waals surface area (Å²) in [5, 5.41) is 14.1. The number of pyridine rings is 3. The monoisotopic (exact) mass is 568 g/mol. The molecule has 4 aliphatic heterocycles. The lowest BCUT2D eigenvalue weighted by atomic mass is 9.87. The van der Waals surface area contributed by atoms with Gasteiger partial charge in [0, 0.05) is 72.8 Å². The molecule has 41 heavy (non-hydrogen) atoms. The van der Waals surface area contributed by atoms with Crippen LogP contribution in [0, 0.1) is 22.0 Å². The van der Waals surface area contributed by atoms with Gasteiger partial charge in [-0.15, -0.1) is 10.7 Å². The van der Waals surface area contributed by atoms with Crippen molar-refractivity contribution in [2.24, 2.45) is 5.92 Å². The van der Waals surface area contributed by atoms with E-state index in [-0.39, 0.29) is 10.7 Å². The fraction of sp³-hybridized carbons (Fsp3) is 0.400. The highest BCUT2D eigenvalue weighted by molar-refractivity contribution is 7.87. The molecule has 2 bridgehead atoms. The standard InChI is InChI=1S/C30H32N8O2S/c1-39-29-5-2-20(11-34-29)14-37-24-8-25(37)16-36(15-24)28-4-3-22(12-33-28)27-9-26(40-7-6-21-18-41(32)19-21)17-38-30(27)23(10-31)13-35-38/h2-5,9,11-13,17,21,24-25,32H,6-8,14-16,18-19H2,1H3.